The number of benzene rings is 2. The van der Waals surface area contributed by atoms with Crippen LogP contribution < -0.4 is 5.32 Å². The summed E-state index contributed by atoms with van der Waals surface area (Å²) in [7, 11) is 0. The van der Waals surface area contributed by atoms with Gasteiger partial charge in [0.15, 0.2) is 0 Å². The molecule has 0 aliphatic carbocycles. The van der Waals surface area contributed by atoms with Crippen molar-refractivity contribution in [2.24, 2.45) is 0 Å². The first-order chi connectivity index (χ1) is 11.1. The number of halogens is 1. The van der Waals surface area contributed by atoms with Crippen molar-refractivity contribution in [3.63, 3.8) is 0 Å². The molecule has 6 heteroatoms. The summed E-state index contributed by atoms with van der Waals surface area (Å²) in [5.41, 5.74) is 2.57. The number of nitro benzene ring substituents is 1. The Hall–Kier alpha value is -2.47. The van der Waals surface area contributed by atoms with Crippen molar-refractivity contribution in [2.75, 3.05) is 5.32 Å². The minimum absolute atomic E-state index is 0.0507. The van der Waals surface area contributed by atoms with Gasteiger partial charge in [-0.05, 0) is 42.8 Å². The predicted molar refractivity (Wildman–Crippen MR) is 94.6 cm³/mol. The number of anilines is 1. The van der Waals surface area contributed by atoms with Crippen LogP contribution in [0, 0.1) is 10.1 Å². The number of nitrogens with zero attached hydrogens (tertiary/aromatic N) is 2. The van der Waals surface area contributed by atoms with Gasteiger partial charge in [-0.25, -0.2) is 0 Å². The summed E-state index contributed by atoms with van der Waals surface area (Å²) in [5, 5.41) is 15.1. The number of fused-ring (bicyclic) bond motifs is 1. The second-order valence-electron chi connectivity index (χ2n) is 5.21. The molecule has 0 fully saturated rings. The van der Waals surface area contributed by atoms with Gasteiger partial charge in [-0.1, -0.05) is 28.1 Å². The summed E-state index contributed by atoms with van der Waals surface area (Å²) >= 11 is 3.42. The molecule has 0 spiro atoms. The Morgan fingerprint density at radius 3 is 2.61 bits per heavy atom. The van der Waals surface area contributed by atoms with Crippen LogP contribution in [-0.2, 0) is 0 Å². The molecule has 2 aromatic carbocycles. The van der Waals surface area contributed by atoms with Gasteiger partial charge >= 0.3 is 0 Å². The number of hydrogen-bond acceptors (Lipinski definition) is 4. The maximum atomic E-state index is 11.2. The quantitative estimate of drug-likeness (QED) is 0.512. The molecule has 1 atom stereocenters. The Kier molecular flexibility index (Phi) is 4.25. The van der Waals surface area contributed by atoms with Crippen molar-refractivity contribution < 1.29 is 4.92 Å². The topological polar surface area (TPSA) is 68.1 Å². The summed E-state index contributed by atoms with van der Waals surface area (Å²) in [6, 6.07) is 14.7. The summed E-state index contributed by atoms with van der Waals surface area (Å²) in [6.07, 6.45) is 1.64. The Bertz CT molecular complexity index is 865. The summed E-state index contributed by atoms with van der Waals surface area (Å²) in [6.45, 7) is 2.04. The van der Waals surface area contributed by atoms with Crippen LogP contribution in [0.4, 0.5) is 11.4 Å². The van der Waals surface area contributed by atoms with Gasteiger partial charge in [-0.3, -0.25) is 15.1 Å². The highest BCUT2D eigenvalue weighted by Crippen LogP contribution is 2.31. The van der Waals surface area contributed by atoms with Gasteiger partial charge in [0.2, 0.25) is 0 Å². The first-order valence-corrected chi connectivity index (χ1v) is 7.89. The predicted octanol–water partition coefficient (Wildman–Crippen LogP) is 5.08. The average Bonchev–Trinajstić information content (AvgIpc) is 2.55. The molecule has 0 bridgehead atoms. The largest absolute Gasteiger partial charge is 0.377 e. The third-order valence-electron chi connectivity index (χ3n) is 3.69. The van der Waals surface area contributed by atoms with Crippen molar-refractivity contribution in [2.45, 2.75) is 13.0 Å². The molecule has 0 saturated heterocycles. The zero-order chi connectivity index (χ0) is 16.4. The van der Waals surface area contributed by atoms with Crippen molar-refractivity contribution >= 4 is 38.2 Å². The van der Waals surface area contributed by atoms with Crippen LogP contribution in [0.5, 0.6) is 0 Å². The van der Waals surface area contributed by atoms with Gasteiger partial charge in [0, 0.05) is 22.8 Å². The van der Waals surface area contributed by atoms with Crippen LogP contribution in [0.2, 0.25) is 0 Å². The minimum atomic E-state index is -0.383. The van der Waals surface area contributed by atoms with Gasteiger partial charge in [0.05, 0.1) is 16.0 Å². The van der Waals surface area contributed by atoms with E-state index in [4.69, 9.17) is 0 Å². The third kappa shape index (κ3) is 3.17. The molecule has 0 amide bonds. The van der Waals surface area contributed by atoms with E-state index in [-0.39, 0.29) is 16.7 Å². The normalized spacial score (nSPS) is 12.1. The van der Waals surface area contributed by atoms with E-state index >= 15 is 0 Å². The zero-order valence-electron chi connectivity index (χ0n) is 12.4. The van der Waals surface area contributed by atoms with Crippen LogP contribution >= 0.6 is 15.9 Å². The van der Waals surface area contributed by atoms with Crippen molar-refractivity contribution in [3.8, 4) is 0 Å². The molecule has 23 heavy (non-hydrogen) atoms. The van der Waals surface area contributed by atoms with Crippen LogP contribution in [0.1, 0.15) is 18.5 Å². The molecule has 0 aliphatic heterocycles. The van der Waals surface area contributed by atoms with Gasteiger partial charge in [-0.15, -0.1) is 0 Å². The highest BCUT2D eigenvalue weighted by molar-refractivity contribution is 9.10. The number of rotatable bonds is 4. The number of non-ortho nitro benzene ring substituents is 1. The second kappa shape index (κ2) is 6.34. The molecular weight excluding hydrogens is 358 g/mol. The Labute approximate surface area is 141 Å². The van der Waals surface area contributed by atoms with Gasteiger partial charge in [-0.2, -0.15) is 0 Å². The number of hydrogen-bond donors (Lipinski definition) is 1. The average molecular weight is 372 g/mol. The molecule has 3 rings (SSSR count). The molecule has 1 heterocycles. The standard InChI is InChI=1S/C17H14BrN3O2/c1-11(12-4-6-13(18)7-5-12)20-15-8-9-16(21(22)23)14-3-2-10-19-17(14)15/h2-11,20H,1H3/t11-/m1/s1. The molecule has 1 N–H and O–H groups in total. The number of nitro groups is 1. The highest BCUT2D eigenvalue weighted by Gasteiger charge is 2.16. The number of pyridine rings is 1. The van der Waals surface area contributed by atoms with Crippen LogP contribution in [0.25, 0.3) is 10.9 Å². The summed E-state index contributed by atoms with van der Waals surface area (Å²) < 4.78 is 1.02. The van der Waals surface area contributed by atoms with Gasteiger partial charge in [0.1, 0.15) is 5.52 Å². The molecule has 116 valence electrons. The van der Waals surface area contributed by atoms with E-state index in [0.717, 1.165) is 15.7 Å². The summed E-state index contributed by atoms with van der Waals surface area (Å²) in [4.78, 5) is 15.1. The molecule has 3 aromatic rings. The molecule has 0 saturated carbocycles. The molecule has 0 radical (unpaired) electrons. The lowest BCUT2D eigenvalue weighted by atomic mass is 10.1. The van der Waals surface area contributed by atoms with Gasteiger partial charge in [0.25, 0.3) is 5.69 Å². The molecule has 1 aromatic heterocycles. The molecular formula is C17H14BrN3O2. The first kappa shape index (κ1) is 15.4. The lowest BCUT2D eigenvalue weighted by molar-refractivity contribution is -0.383. The van der Waals surface area contributed by atoms with E-state index in [1.165, 1.54) is 6.07 Å². The van der Waals surface area contributed by atoms with E-state index in [0.29, 0.717) is 10.9 Å². The fourth-order valence-corrected chi connectivity index (χ4v) is 2.77. The fraction of sp³-hybridized carbons (Fsp3) is 0.118. The highest BCUT2D eigenvalue weighted by atomic mass is 79.9. The van der Waals surface area contributed by atoms with Crippen LogP contribution in [-0.4, -0.2) is 9.91 Å². The lowest BCUT2D eigenvalue weighted by Crippen LogP contribution is -2.07. The van der Waals surface area contributed by atoms with E-state index in [1.807, 2.05) is 31.2 Å². The maximum Gasteiger partial charge on any atom is 0.278 e. The molecule has 5 nitrogen and oxygen atoms in total. The summed E-state index contributed by atoms with van der Waals surface area (Å²) in [5.74, 6) is 0. The van der Waals surface area contributed by atoms with Gasteiger partial charge < -0.3 is 5.32 Å². The smallest absolute Gasteiger partial charge is 0.278 e. The van der Waals surface area contributed by atoms with Crippen LogP contribution in [0.3, 0.4) is 0 Å². The first-order valence-electron chi connectivity index (χ1n) is 7.10. The van der Waals surface area contributed by atoms with E-state index in [1.54, 1.807) is 24.4 Å². The Morgan fingerprint density at radius 2 is 1.91 bits per heavy atom. The van der Waals surface area contributed by atoms with Crippen LogP contribution in [0.15, 0.2) is 59.2 Å². The minimum Gasteiger partial charge on any atom is -0.377 e. The zero-order valence-corrected chi connectivity index (χ0v) is 13.9. The number of aromatic nitrogens is 1. The fourth-order valence-electron chi connectivity index (χ4n) is 2.50. The number of nitrogens with one attached hydrogen (secondary N) is 1. The maximum absolute atomic E-state index is 11.2. The molecule has 0 unspecified atom stereocenters. The second-order valence-corrected chi connectivity index (χ2v) is 6.12. The van der Waals surface area contributed by atoms with Crippen molar-refractivity contribution in [1.82, 2.24) is 4.98 Å². The third-order valence-corrected chi connectivity index (χ3v) is 4.21. The van der Waals surface area contributed by atoms with E-state index in [9.17, 15) is 10.1 Å². The Balaban J connectivity index is 1.99. The monoisotopic (exact) mass is 371 g/mol. The van der Waals surface area contributed by atoms with Crippen molar-refractivity contribution in [3.05, 3.63) is 74.9 Å². The van der Waals surface area contributed by atoms with Crippen molar-refractivity contribution in [1.29, 1.82) is 0 Å². The lowest BCUT2D eigenvalue weighted by Gasteiger charge is -2.17. The van der Waals surface area contributed by atoms with E-state index in [2.05, 4.69) is 26.2 Å². The SMILES string of the molecule is C[C@@H](Nc1ccc([N+](=O)[O-])c2cccnc12)c1ccc(Br)cc1. The Morgan fingerprint density at radius 1 is 1.17 bits per heavy atom. The van der Waals surface area contributed by atoms with E-state index < -0.39 is 0 Å². The molecule has 0 aliphatic rings.